The van der Waals surface area contributed by atoms with Gasteiger partial charge in [0.1, 0.15) is 5.01 Å². The standard InChI is InChI=1S/C17H25N3S/c1-5-20(15-9-7-6-8-10-15)12-14-13-21-16(19-14)11-18-17(2,3)4/h6-10,13,18H,5,11-12H2,1-4H3. The second-order valence-corrected chi connectivity index (χ2v) is 7.13. The number of hydrogen-bond acceptors (Lipinski definition) is 4. The topological polar surface area (TPSA) is 28.2 Å². The number of nitrogens with zero attached hydrogens (tertiary/aromatic N) is 2. The summed E-state index contributed by atoms with van der Waals surface area (Å²) in [5, 5.41) is 6.81. The Bertz CT molecular complexity index is 543. The van der Waals surface area contributed by atoms with Crippen molar-refractivity contribution in [1.82, 2.24) is 10.3 Å². The first-order chi connectivity index (χ1) is 9.98. The van der Waals surface area contributed by atoms with Gasteiger partial charge in [-0.25, -0.2) is 4.98 Å². The molecule has 1 aromatic carbocycles. The van der Waals surface area contributed by atoms with Gasteiger partial charge in [0.25, 0.3) is 0 Å². The van der Waals surface area contributed by atoms with Crippen LogP contribution in [0.5, 0.6) is 0 Å². The van der Waals surface area contributed by atoms with Crippen molar-refractivity contribution in [3.8, 4) is 0 Å². The molecule has 0 atom stereocenters. The molecule has 4 heteroatoms. The Balaban J connectivity index is 1.98. The summed E-state index contributed by atoms with van der Waals surface area (Å²) in [5.41, 5.74) is 2.53. The Morgan fingerprint density at radius 2 is 1.90 bits per heavy atom. The van der Waals surface area contributed by atoms with Crippen LogP contribution < -0.4 is 10.2 Å². The lowest BCUT2D eigenvalue weighted by Crippen LogP contribution is -2.35. The molecule has 0 aliphatic carbocycles. The van der Waals surface area contributed by atoms with Gasteiger partial charge < -0.3 is 10.2 Å². The first kappa shape index (κ1) is 16.0. The maximum absolute atomic E-state index is 4.74. The number of aromatic nitrogens is 1. The zero-order valence-electron chi connectivity index (χ0n) is 13.4. The molecule has 0 fully saturated rings. The van der Waals surface area contributed by atoms with Gasteiger partial charge >= 0.3 is 0 Å². The van der Waals surface area contributed by atoms with E-state index < -0.39 is 0 Å². The van der Waals surface area contributed by atoms with Crippen molar-refractivity contribution in [2.75, 3.05) is 11.4 Å². The first-order valence-corrected chi connectivity index (χ1v) is 8.34. The van der Waals surface area contributed by atoms with Gasteiger partial charge in [0.15, 0.2) is 0 Å². The molecule has 1 aromatic heterocycles. The van der Waals surface area contributed by atoms with E-state index in [4.69, 9.17) is 4.98 Å². The van der Waals surface area contributed by atoms with Crippen LogP contribution in [0.4, 0.5) is 5.69 Å². The van der Waals surface area contributed by atoms with Crippen LogP contribution in [-0.2, 0) is 13.1 Å². The highest BCUT2D eigenvalue weighted by molar-refractivity contribution is 7.09. The molecule has 0 amide bonds. The highest BCUT2D eigenvalue weighted by atomic mass is 32.1. The van der Waals surface area contributed by atoms with Crippen LogP contribution >= 0.6 is 11.3 Å². The average molecular weight is 303 g/mol. The summed E-state index contributed by atoms with van der Waals surface area (Å²) >= 11 is 1.74. The molecule has 1 heterocycles. The SMILES string of the molecule is CCN(Cc1csc(CNC(C)(C)C)n1)c1ccccc1. The Morgan fingerprint density at radius 3 is 2.52 bits per heavy atom. The van der Waals surface area contributed by atoms with Gasteiger partial charge in [0, 0.05) is 29.7 Å². The molecule has 0 aliphatic heterocycles. The number of benzene rings is 1. The normalized spacial score (nSPS) is 11.6. The fraction of sp³-hybridized carbons (Fsp3) is 0.471. The van der Waals surface area contributed by atoms with E-state index in [0.29, 0.717) is 0 Å². The average Bonchev–Trinajstić information content (AvgIpc) is 2.90. The predicted octanol–water partition coefficient (Wildman–Crippen LogP) is 4.06. The molecule has 0 saturated heterocycles. The summed E-state index contributed by atoms with van der Waals surface area (Å²) in [6.07, 6.45) is 0. The van der Waals surface area contributed by atoms with Crippen LogP contribution in [0.25, 0.3) is 0 Å². The molecular formula is C17H25N3S. The fourth-order valence-corrected chi connectivity index (χ4v) is 2.79. The lowest BCUT2D eigenvalue weighted by atomic mass is 10.1. The molecule has 1 N–H and O–H groups in total. The Kier molecular flexibility index (Phi) is 5.37. The highest BCUT2D eigenvalue weighted by Gasteiger charge is 2.11. The van der Waals surface area contributed by atoms with Crippen LogP contribution in [0.3, 0.4) is 0 Å². The molecule has 0 aliphatic rings. The van der Waals surface area contributed by atoms with Gasteiger partial charge in [-0.1, -0.05) is 18.2 Å². The van der Waals surface area contributed by atoms with E-state index in [1.165, 1.54) is 5.69 Å². The number of thiazole rings is 1. The lowest BCUT2D eigenvalue weighted by molar-refractivity contribution is 0.423. The van der Waals surface area contributed by atoms with Gasteiger partial charge in [-0.05, 0) is 39.8 Å². The second kappa shape index (κ2) is 7.05. The summed E-state index contributed by atoms with van der Waals surface area (Å²) in [7, 11) is 0. The van der Waals surface area contributed by atoms with E-state index >= 15 is 0 Å². The maximum Gasteiger partial charge on any atom is 0.107 e. The van der Waals surface area contributed by atoms with Crippen LogP contribution in [0.15, 0.2) is 35.7 Å². The lowest BCUT2D eigenvalue weighted by Gasteiger charge is -2.22. The van der Waals surface area contributed by atoms with Gasteiger partial charge in [-0.2, -0.15) is 0 Å². The van der Waals surface area contributed by atoms with Gasteiger partial charge in [-0.15, -0.1) is 11.3 Å². The molecule has 0 saturated carbocycles. The molecule has 0 bridgehead atoms. The summed E-state index contributed by atoms with van der Waals surface area (Å²) in [6, 6.07) is 10.5. The smallest absolute Gasteiger partial charge is 0.107 e. The quantitative estimate of drug-likeness (QED) is 0.872. The van der Waals surface area contributed by atoms with E-state index in [2.05, 4.69) is 73.6 Å². The third kappa shape index (κ3) is 5.14. The predicted molar refractivity (Wildman–Crippen MR) is 91.9 cm³/mol. The molecule has 0 unspecified atom stereocenters. The molecule has 0 spiro atoms. The number of hydrogen-bond donors (Lipinski definition) is 1. The minimum Gasteiger partial charge on any atom is -0.366 e. The van der Waals surface area contributed by atoms with E-state index in [0.717, 1.165) is 30.3 Å². The van der Waals surface area contributed by atoms with Gasteiger partial charge in [-0.3, -0.25) is 0 Å². The van der Waals surface area contributed by atoms with Crippen LogP contribution in [-0.4, -0.2) is 17.1 Å². The van der Waals surface area contributed by atoms with Crippen LogP contribution in [0.2, 0.25) is 0 Å². The number of nitrogens with one attached hydrogen (secondary N) is 1. The molecule has 114 valence electrons. The Hall–Kier alpha value is -1.39. The van der Waals surface area contributed by atoms with Crippen molar-refractivity contribution in [3.05, 3.63) is 46.4 Å². The van der Waals surface area contributed by atoms with Crippen molar-refractivity contribution in [1.29, 1.82) is 0 Å². The summed E-state index contributed by atoms with van der Waals surface area (Å²) in [5.74, 6) is 0. The third-order valence-electron chi connectivity index (χ3n) is 3.23. The molecule has 2 aromatic rings. The summed E-state index contributed by atoms with van der Waals surface area (Å²) < 4.78 is 0. The fourth-order valence-electron chi connectivity index (χ4n) is 2.06. The molecular weight excluding hydrogens is 278 g/mol. The van der Waals surface area contributed by atoms with E-state index in [9.17, 15) is 0 Å². The maximum atomic E-state index is 4.74. The molecule has 2 rings (SSSR count). The van der Waals surface area contributed by atoms with Crippen molar-refractivity contribution in [2.24, 2.45) is 0 Å². The molecule has 21 heavy (non-hydrogen) atoms. The van der Waals surface area contributed by atoms with Crippen molar-refractivity contribution in [2.45, 2.75) is 46.3 Å². The Morgan fingerprint density at radius 1 is 1.19 bits per heavy atom. The van der Waals surface area contributed by atoms with Crippen molar-refractivity contribution < 1.29 is 0 Å². The van der Waals surface area contributed by atoms with E-state index in [1.807, 2.05) is 0 Å². The van der Waals surface area contributed by atoms with Gasteiger partial charge in [0.2, 0.25) is 0 Å². The number of rotatable bonds is 6. The number of para-hydroxylation sites is 1. The largest absolute Gasteiger partial charge is 0.366 e. The molecule has 0 radical (unpaired) electrons. The van der Waals surface area contributed by atoms with E-state index in [1.54, 1.807) is 11.3 Å². The zero-order valence-corrected chi connectivity index (χ0v) is 14.2. The van der Waals surface area contributed by atoms with Crippen LogP contribution in [0, 0.1) is 0 Å². The van der Waals surface area contributed by atoms with Crippen LogP contribution in [0.1, 0.15) is 38.4 Å². The minimum absolute atomic E-state index is 0.130. The van der Waals surface area contributed by atoms with E-state index in [-0.39, 0.29) is 5.54 Å². The minimum atomic E-state index is 0.130. The van der Waals surface area contributed by atoms with Gasteiger partial charge in [0.05, 0.1) is 12.2 Å². The third-order valence-corrected chi connectivity index (χ3v) is 4.12. The van der Waals surface area contributed by atoms with Crippen molar-refractivity contribution >= 4 is 17.0 Å². The monoisotopic (exact) mass is 303 g/mol. The van der Waals surface area contributed by atoms with Crippen molar-refractivity contribution in [3.63, 3.8) is 0 Å². The highest BCUT2D eigenvalue weighted by Crippen LogP contribution is 2.18. The Labute approximate surface area is 132 Å². The summed E-state index contributed by atoms with van der Waals surface area (Å²) in [4.78, 5) is 7.08. The second-order valence-electron chi connectivity index (χ2n) is 6.19. The molecule has 3 nitrogen and oxygen atoms in total. The number of anilines is 1. The zero-order chi connectivity index (χ0) is 15.3. The summed E-state index contributed by atoms with van der Waals surface area (Å²) in [6.45, 7) is 11.4. The first-order valence-electron chi connectivity index (χ1n) is 7.46.